The maximum Gasteiger partial charge on any atom is 0.0857 e. The smallest absolute Gasteiger partial charge is 0.0857 e. The van der Waals surface area contributed by atoms with Crippen LogP contribution in [0.3, 0.4) is 0 Å². The molecule has 0 aromatic rings. The summed E-state index contributed by atoms with van der Waals surface area (Å²) in [4.78, 5) is 0. The van der Waals surface area contributed by atoms with Crippen LogP contribution in [0.15, 0.2) is 5.10 Å². The van der Waals surface area contributed by atoms with E-state index < -0.39 is 0 Å². The molecule has 1 unspecified atom stereocenters. The first-order valence-electron chi connectivity index (χ1n) is 1.17. The van der Waals surface area contributed by atoms with Crippen LogP contribution in [0.5, 0.6) is 0 Å². The van der Waals surface area contributed by atoms with Crippen LogP contribution in [-0.2, 0) is 0 Å². The highest BCUT2D eigenvalue weighted by Gasteiger charge is 1.83. The summed E-state index contributed by atoms with van der Waals surface area (Å²) in [5.41, 5.74) is 1.80. The van der Waals surface area contributed by atoms with Crippen LogP contribution in [0.2, 0.25) is 0 Å². The second kappa shape index (κ2) is 1.63. The van der Waals surface area contributed by atoms with Crippen LogP contribution in [0.4, 0.5) is 0 Å². The van der Waals surface area contributed by atoms with Crippen molar-refractivity contribution < 1.29 is 0 Å². The van der Waals surface area contributed by atoms with Gasteiger partial charge in [-0.15, -0.1) is 0 Å². The topological polar surface area (TPSA) is 24.4 Å². The molecular formula is CH3N2PS. The van der Waals surface area contributed by atoms with Crippen molar-refractivity contribution in [1.29, 1.82) is 0 Å². The molecular weight excluding hydrogens is 103 g/mol. The lowest BCUT2D eigenvalue weighted by atomic mass is 11.7. The van der Waals surface area contributed by atoms with Crippen molar-refractivity contribution in [2.24, 2.45) is 5.10 Å². The summed E-state index contributed by atoms with van der Waals surface area (Å²) >= 11 is 1.70. The second-order valence-electron chi connectivity index (χ2n) is 0.566. The van der Waals surface area contributed by atoms with Gasteiger partial charge in [-0.05, 0) is 0 Å². The number of hydrogen-bond donors (Lipinski definition) is 1. The van der Waals surface area contributed by atoms with Gasteiger partial charge in [0.25, 0.3) is 0 Å². The minimum atomic E-state index is 0.753. The largest absolute Gasteiger partial charge is 0.281 e. The Kier molecular flexibility index (Phi) is 1.12. The molecule has 2 nitrogen and oxygen atoms in total. The zero-order valence-corrected chi connectivity index (χ0v) is 4.25. The highest BCUT2D eigenvalue weighted by Crippen LogP contribution is 2.25. The van der Waals surface area contributed by atoms with Crippen molar-refractivity contribution in [3.63, 3.8) is 0 Å². The van der Waals surface area contributed by atoms with Crippen molar-refractivity contribution in [3.8, 4) is 0 Å². The molecule has 1 heterocycles. The normalized spacial score (nSPS) is 24.0. The van der Waals surface area contributed by atoms with Gasteiger partial charge in [0.1, 0.15) is 0 Å². The lowest BCUT2D eigenvalue weighted by molar-refractivity contribution is 1.14. The summed E-state index contributed by atoms with van der Waals surface area (Å²) in [5.74, 6) is 0. The molecule has 1 aliphatic heterocycles. The SMILES string of the molecule is C1=NNPS1. The maximum atomic E-state index is 3.68. The first kappa shape index (κ1) is 3.44. The van der Waals surface area contributed by atoms with Gasteiger partial charge < -0.3 is 0 Å². The molecule has 5 heavy (non-hydrogen) atoms. The Bertz CT molecular complexity index is 47.6. The van der Waals surface area contributed by atoms with E-state index in [1.807, 2.05) is 0 Å². The van der Waals surface area contributed by atoms with Gasteiger partial charge in [0.2, 0.25) is 0 Å². The summed E-state index contributed by atoms with van der Waals surface area (Å²) in [7, 11) is 0.753. The molecule has 0 fully saturated rings. The Morgan fingerprint density at radius 3 is 3.20 bits per heavy atom. The molecule has 0 amide bonds. The Labute approximate surface area is 36.0 Å². The minimum absolute atomic E-state index is 0.753. The van der Waals surface area contributed by atoms with E-state index in [0.717, 1.165) is 7.93 Å². The number of hydrazone groups is 1. The monoisotopic (exact) mass is 106 g/mol. The lowest BCUT2D eigenvalue weighted by Crippen LogP contribution is -1.73. The van der Waals surface area contributed by atoms with Gasteiger partial charge in [-0.2, -0.15) is 5.10 Å². The van der Waals surface area contributed by atoms with Crippen LogP contribution in [0.25, 0.3) is 0 Å². The van der Waals surface area contributed by atoms with E-state index in [2.05, 4.69) is 10.3 Å². The summed E-state index contributed by atoms with van der Waals surface area (Å²) in [6, 6.07) is 0. The van der Waals surface area contributed by atoms with Crippen LogP contribution < -0.4 is 5.20 Å². The number of rotatable bonds is 0. The van der Waals surface area contributed by atoms with E-state index in [4.69, 9.17) is 0 Å². The molecule has 0 aromatic carbocycles. The quantitative estimate of drug-likeness (QED) is 0.461. The zero-order valence-electron chi connectivity index (χ0n) is 2.43. The average Bonchev–Trinajstić information content (AvgIpc) is 1.76. The van der Waals surface area contributed by atoms with Crippen molar-refractivity contribution >= 4 is 24.9 Å². The van der Waals surface area contributed by atoms with Gasteiger partial charge in [-0.3, -0.25) is 5.20 Å². The predicted octanol–water partition coefficient (Wildman–Crippen LogP) is 0.775. The number of hydrogen-bond acceptors (Lipinski definition) is 3. The summed E-state index contributed by atoms with van der Waals surface area (Å²) in [6.07, 6.45) is 0. The molecule has 0 aliphatic carbocycles. The molecule has 1 atom stereocenters. The fourth-order valence-corrected chi connectivity index (χ4v) is 1.19. The van der Waals surface area contributed by atoms with Gasteiger partial charge in [0, 0.05) is 0 Å². The zero-order chi connectivity index (χ0) is 3.54. The van der Waals surface area contributed by atoms with Crippen LogP contribution >= 0.6 is 19.3 Å². The van der Waals surface area contributed by atoms with E-state index in [9.17, 15) is 0 Å². The van der Waals surface area contributed by atoms with Gasteiger partial charge in [-0.25, -0.2) is 0 Å². The first-order chi connectivity index (χ1) is 2.50. The molecule has 1 aliphatic rings. The van der Waals surface area contributed by atoms with Crippen LogP contribution in [0, 0.1) is 0 Å². The summed E-state index contributed by atoms with van der Waals surface area (Å²) in [6.45, 7) is 0. The maximum absolute atomic E-state index is 3.68. The lowest BCUT2D eigenvalue weighted by Gasteiger charge is -1.75. The van der Waals surface area contributed by atoms with E-state index in [0.29, 0.717) is 0 Å². The fraction of sp³-hybridized carbons (Fsp3) is 0. The van der Waals surface area contributed by atoms with Gasteiger partial charge in [-0.1, -0.05) is 11.4 Å². The Balaban J connectivity index is 2.32. The summed E-state index contributed by atoms with van der Waals surface area (Å²) < 4.78 is 0. The van der Waals surface area contributed by atoms with E-state index in [-0.39, 0.29) is 0 Å². The molecule has 4 heteroatoms. The molecule has 28 valence electrons. The van der Waals surface area contributed by atoms with E-state index >= 15 is 0 Å². The highest BCUT2D eigenvalue weighted by atomic mass is 32.7. The fourth-order valence-electron chi connectivity index (χ4n) is 0.132. The molecule has 0 aromatic heterocycles. The third kappa shape index (κ3) is 0.781. The average molecular weight is 106 g/mol. The molecule has 0 spiro atoms. The van der Waals surface area contributed by atoms with E-state index in [1.54, 1.807) is 16.9 Å². The van der Waals surface area contributed by atoms with Crippen molar-refractivity contribution in [2.45, 2.75) is 0 Å². The van der Waals surface area contributed by atoms with E-state index in [1.165, 1.54) is 0 Å². The van der Waals surface area contributed by atoms with Crippen molar-refractivity contribution in [1.82, 2.24) is 5.20 Å². The molecule has 1 rings (SSSR count). The van der Waals surface area contributed by atoms with Gasteiger partial charge in [0.05, 0.1) is 13.5 Å². The summed E-state index contributed by atoms with van der Waals surface area (Å²) in [5, 5.41) is 6.47. The molecule has 0 bridgehead atoms. The van der Waals surface area contributed by atoms with Crippen molar-refractivity contribution in [3.05, 3.63) is 0 Å². The van der Waals surface area contributed by atoms with Crippen LogP contribution in [-0.4, -0.2) is 5.55 Å². The molecule has 0 saturated heterocycles. The third-order valence-corrected chi connectivity index (χ3v) is 1.77. The predicted molar refractivity (Wildman–Crippen MR) is 27.5 cm³/mol. The van der Waals surface area contributed by atoms with Crippen molar-refractivity contribution in [2.75, 3.05) is 0 Å². The minimum Gasteiger partial charge on any atom is -0.281 e. The molecule has 1 N–H and O–H groups in total. The van der Waals surface area contributed by atoms with Gasteiger partial charge in [0.15, 0.2) is 0 Å². The third-order valence-electron chi connectivity index (χ3n) is 0.275. The first-order valence-corrected chi connectivity index (χ1v) is 3.78. The Morgan fingerprint density at radius 2 is 3.00 bits per heavy atom. The number of nitrogens with one attached hydrogen (secondary N) is 1. The Hall–Kier alpha value is 0.250. The standard InChI is InChI=1S/CH3N2PS/c1-2-3-4-5-1/h1,3-4H. The highest BCUT2D eigenvalue weighted by molar-refractivity contribution is 8.56. The number of nitrogens with zero attached hydrogens (tertiary/aromatic N) is 1. The van der Waals surface area contributed by atoms with Crippen LogP contribution in [0.1, 0.15) is 0 Å². The molecule has 0 saturated carbocycles. The second-order valence-corrected chi connectivity index (χ2v) is 2.76. The Morgan fingerprint density at radius 1 is 2.00 bits per heavy atom. The van der Waals surface area contributed by atoms with Gasteiger partial charge >= 0.3 is 0 Å². The molecule has 0 radical (unpaired) electrons.